The summed E-state index contributed by atoms with van der Waals surface area (Å²) in [4.78, 5) is 4.82. The molecule has 0 saturated heterocycles. The number of aliphatic imine (C=N–C) groups is 1. The largest absolute Gasteiger partial charge is 0.334 e. The van der Waals surface area contributed by atoms with E-state index >= 15 is 0 Å². The van der Waals surface area contributed by atoms with E-state index in [1.807, 2.05) is 11.8 Å². The molecule has 0 unspecified atom stereocenters. The Bertz CT molecular complexity index is 521. The third kappa shape index (κ3) is 3.06. The van der Waals surface area contributed by atoms with E-state index in [4.69, 9.17) is 4.99 Å². The van der Waals surface area contributed by atoms with Crippen molar-refractivity contribution in [2.45, 2.75) is 39.0 Å². The normalized spacial score (nSPS) is 21.6. The Morgan fingerprint density at radius 1 is 1.25 bits per heavy atom. The molecule has 2 nitrogen and oxygen atoms in total. The maximum atomic E-state index is 4.82. The summed E-state index contributed by atoms with van der Waals surface area (Å²) in [5, 5.41) is 4.55. The zero-order valence-electron chi connectivity index (χ0n) is 11.9. The minimum absolute atomic E-state index is 0.498. The van der Waals surface area contributed by atoms with E-state index in [0.29, 0.717) is 5.41 Å². The van der Waals surface area contributed by atoms with Gasteiger partial charge in [0.15, 0.2) is 5.17 Å². The Morgan fingerprint density at radius 2 is 2.05 bits per heavy atom. The fraction of sp³-hybridized carbons (Fsp3) is 0.562. The first-order valence-corrected chi connectivity index (χ1v) is 9.16. The topological polar surface area (TPSA) is 24.4 Å². The number of nitrogens with zero attached hydrogens (tertiary/aromatic N) is 1. The Kier molecular flexibility index (Phi) is 4.41. The Balaban J connectivity index is 1.69. The van der Waals surface area contributed by atoms with Crippen molar-refractivity contribution >= 4 is 38.5 Å². The van der Waals surface area contributed by atoms with Gasteiger partial charge in [0.25, 0.3) is 0 Å². The predicted molar refractivity (Wildman–Crippen MR) is 92.8 cm³/mol. The van der Waals surface area contributed by atoms with E-state index in [0.717, 1.165) is 21.9 Å². The van der Waals surface area contributed by atoms with Gasteiger partial charge in [-0.3, -0.25) is 4.99 Å². The second kappa shape index (κ2) is 6.10. The number of thioether (sulfide) groups is 1. The van der Waals surface area contributed by atoms with Crippen molar-refractivity contribution in [3.8, 4) is 0 Å². The lowest BCUT2D eigenvalue weighted by Gasteiger charge is -2.38. The monoisotopic (exact) mass is 352 g/mol. The highest BCUT2D eigenvalue weighted by Gasteiger charge is 2.34. The van der Waals surface area contributed by atoms with E-state index in [-0.39, 0.29) is 0 Å². The summed E-state index contributed by atoms with van der Waals surface area (Å²) in [5.74, 6) is 1.22. The Hall–Kier alpha value is -0.480. The minimum Gasteiger partial charge on any atom is -0.334 e. The van der Waals surface area contributed by atoms with E-state index in [1.165, 1.54) is 43.4 Å². The molecule has 0 bridgehead atoms. The molecule has 1 aromatic rings. The van der Waals surface area contributed by atoms with Gasteiger partial charge in [0.05, 0.1) is 5.69 Å². The first kappa shape index (κ1) is 14.5. The molecule has 1 aliphatic carbocycles. The average molecular weight is 353 g/mol. The molecule has 1 aromatic carbocycles. The summed E-state index contributed by atoms with van der Waals surface area (Å²) in [7, 11) is 0. The van der Waals surface area contributed by atoms with Gasteiger partial charge in [-0.25, -0.2) is 0 Å². The zero-order chi connectivity index (χ0) is 14.0. The van der Waals surface area contributed by atoms with Gasteiger partial charge in [-0.15, -0.1) is 0 Å². The van der Waals surface area contributed by atoms with Crippen LogP contribution >= 0.6 is 27.7 Å². The van der Waals surface area contributed by atoms with Crippen LogP contribution in [-0.2, 0) is 0 Å². The SMILES string of the molecule is Cc1cccc(NC2=NCC3(CCCCC3)CS2)c1Br. The van der Waals surface area contributed by atoms with Crippen LogP contribution in [0.5, 0.6) is 0 Å². The van der Waals surface area contributed by atoms with Gasteiger partial charge < -0.3 is 5.32 Å². The quantitative estimate of drug-likeness (QED) is 0.748. The Morgan fingerprint density at radius 3 is 2.75 bits per heavy atom. The smallest absolute Gasteiger partial charge is 0.161 e. The molecule has 1 spiro atoms. The molecule has 20 heavy (non-hydrogen) atoms. The third-order valence-corrected chi connectivity index (χ3v) is 6.73. The van der Waals surface area contributed by atoms with Crippen molar-refractivity contribution in [1.82, 2.24) is 0 Å². The molecule has 1 fully saturated rings. The van der Waals surface area contributed by atoms with Crippen molar-refractivity contribution in [1.29, 1.82) is 0 Å². The lowest BCUT2D eigenvalue weighted by molar-refractivity contribution is 0.232. The molecule has 0 atom stereocenters. The van der Waals surface area contributed by atoms with E-state index < -0.39 is 0 Å². The standard InChI is InChI=1S/C16H21BrN2S/c1-12-6-5-7-13(14(12)17)19-15-18-10-16(11-20-15)8-3-2-4-9-16/h5-7H,2-4,8-11H2,1H3,(H,18,19). The van der Waals surface area contributed by atoms with Crippen LogP contribution in [0.3, 0.4) is 0 Å². The third-order valence-electron chi connectivity index (χ3n) is 4.42. The van der Waals surface area contributed by atoms with Crippen LogP contribution < -0.4 is 5.32 Å². The number of amidine groups is 1. The molecule has 0 amide bonds. The molecule has 0 radical (unpaired) electrons. The van der Waals surface area contributed by atoms with E-state index in [1.54, 1.807) is 0 Å². The second-order valence-corrected chi connectivity index (χ2v) is 7.79. The van der Waals surface area contributed by atoms with E-state index in [2.05, 4.69) is 46.4 Å². The summed E-state index contributed by atoms with van der Waals surface area (Å²) >= 11 is 5.55. The molecular formula is C16H21BrN2S. The summed E-state index contributed by atoms with van der Waals surface area (Å²) in [6.07, 6.45) is 6.93. The van der Waals surface area contributed by atoms with E-state index in [9.17, 15) is 0 Å². The number of hydrogen-bond acceptors (Lipinski definition) is 3. The fourth-order valence-corrected chi connectivity index (χ4v) is 4.62. The van der Waals surface area contributed by atoms with Crippen molar-refractivity contribution in [3.05, 3.63) is 28.2 Å². The van der Waals surface area contributed by atoms with Crippen LogP contribution in [0.15, 0.2) is 27.7 Å². The molecule has 1 aliphatic heterocycles. The maximum absolute atomic E-state index is 4.82. The molecular weight excluding hydrogens is 332 g/mol. The number of anilines is 1. The first-order valence-electron chi connectivity index (χ1n) is 7.38. The van der Waals surface area contributed by atoms with Gasteiger partial charge in [-0.05, 0) is 52.7 Å². The lowest BCUT2D eigenvalue weighted by atomic mass is 9.75. The number of hydrogen-bond donors (Lipinski definition) is 1. The van der Waals surface area contributed by atoms with Gasteiger partial charge in [-0.2, -0.15) is 0 Å². The number of benzene rings is 1. The average Bonchev–Trinajstić information content (AvgIpc) is 2.47. The van der Waals surface area contributed by atoms with Crippen LogP contribution in [0.2, 0.25) is 0 Å². The highest BCUT2D eigenvalue weighted by molar-refractivity contribution is 9.10. The van der Waals surface area contributed by atoms with Gasteiger partial charge in [-0.1, -0.05) is 43.2 Å². The number of aryl methyl sites for hydroxylation is 1. The summed E-state index contributed by atoms with van der Waals surface area (Å²) in [6, 6.07) is 6.30. The lowest BCUT2D eigenvalue weighted by Crippen LogP contribution is -2.35. The molecule has 4 heteroatoms. The van der Waals surface area contributed by atoms with Crippen LogP contribution in [0, 0.1) is 12.3 Å². The van der Waals surface area contributed by atoms with Crippen molar-refractivity contribution in [2.75, 3.05) is 17.6 Å². The van der Waals surface area contributed by atoms with Crippen LogP contribution in [-0.4, -0.2) is 17.5 Å². The number of rotatable bonds is 1. The minimum atomic E-state index is 0.498. The van der Waals surface area contributed by atoms with Crippen molar-refractivity contribution in [2.24, 2.45) is 10.4 Å². The summed E-state index contributed by atoms with van der Waals surface area (Å²) in [5.41, 5.74) is 2.87. The summed E-state index contributed by atoms with van der Waals surface area (Å²) in [6.45, 7) is 3.12. The molecule has 108 valence electrons. The maximum Gasteiger partial charge on any atom is 0.161 e. The molecule has 0 aromatic heterocycles. The van der Waals surface area contributed by atoms with Gasteiger partial charge >= 0.3 is 0 Å². The molecule has 3 rings (SSSR count). The fourth-order valence-electron chi connectivity index (χ4n) is 3.09. The Labute approximate surface area is 134 Å². The molecule has 1 saturated carbocycles. The second-order valence-electron chi connectivity index (χ2n) is 6.03. The van der Waals surface area contributed by atoms with Crippen LogP contribution in [0.25, 0.3) is 0 Å². The van der Waals surface area contributed by atoms with Crippen LogP contribution in [0.4, 0.5) is 5.69 Å². The van der Waals surface area contributed by atoms with Crippen LogP contribution in [0.1, 0.15) is 37.7 Å². The van der Waals surface area contributed by atoms with Gasteiger partial charge in [0.1, 0.15) is 0 Å². The zero-order valence-corrected chi connectivity index (χ0v) is 14.3. The van der Waals surface area contributed by atoms with Crippen molar-refractivity contribution in [3.63, 3.8) is 0 Å². The number of nitrogens with one attached hydrogen (secondary N) is 1. The first-order chi connectivity index (χ1) is 9.69. The van der Waals surface area contributed by atoms with Crippen molar-refractivity contribution < 1.29 is 0 Å². The highest BCUT2D eigenvalue weighted by atomic mass is 79.9. The molecule has 1 heterocycles. The van der Waals surface area contributed by atoms with Gasteiger partial charge in [0, 0.05) is 16.8 Å². The highest BCUT2D eigenvalue weighted by Crippen LogP contribution is 2.42. The molecule has 2 aliphatic rings. The van der Waals surface area contributed by atoms with Gasteiger partial charge in [0.2, 0.25) is 0 Å². The molecule has 1 N–H and O–H groups in total. The predicted octanol–water partition coefficient (Wildman–Crippen LogP) is 5.22. The number of halogens is 1. The summed E-state index contributed by atoms with van der Waals surface area (Å²) < 4.78 is 1.14.